The Morgan fingerprint density at radius 3 is 2.50 bits per heavy atom. The van der Waals surface area contributed by atoms with Gasteiger partial charge in [0.15, 0.2) is 0 Å². The number of nitrogens with one attached hydrogen (secondary N) is 1. The summed E-state index contributed by atoms with van der Waals surface area (Å²) in [7, 11) is 2.78. The zero-order valence-corrected chi connectivity index (χ0v) is 8.37. The topological polar surface area (TPSA) is 73.9 Å². The third-order valence-electron chi connectivity index (χ3n) is 1.33. The van der Waals surface area contributed by atoms with Gasteiger partial charge in [-0.15, -0.1) is 0 Å². The van der Waals surface area contributed by atoms with Gasteiger partial charge < -0.3 is 19.5 Å². The molecule has 0 aromatic carbocycles. The van der Waals surface area contributed by atoms with E-state index >= 15 is 0 Å². The average Bonchev–Trinajstić information content (AvgIpc) is 2.18. The molecule has 0 radical (unpaired) electrons. The number of rotatable bonds is 6. The first-order valence-electron chi connectivity index (χ1n) is 4.17. The molecule has 0 aliphatic carbocycles. The number of hydrogen-bond acceptors (Lipinski definition) is 5. The Labute approximate surface area is 82.5 Å². The second kappa shape index (κ2) is 8.31. The zero-order valence-electron chi connectivity index (χ0n) is 8.37. The fourth-order valence-corrected chi connectivity index (χ4v) is 0.650. The molecule has 6 heteroatoms. The highest BCUT2D eigenvalue weighted by molar-refractivity contribution is 5.71. The highest BCUT2D eigenvalue weighted by Gasteiger charge is 2.03. The van der Waals surface area contributed by atoms with E-state index in [1.165, 1.54) is 14.2 Å². The van der Waals surface area contributed by atoms with Gasteiger partial charge >= 0.3 is 12.1 Å². The van der Waals surface area contributed by atoms with Gasteiger partial charge in [-0.3, -0.25) is 4.79 Å². The van der Waals surface area contributed by atoms with E-state index < -0.39 is 6.09 Å². The van der Waals surface area contributed by atoms with Gasteiger partial charge in [0.2, 0.25) is 0 Å². The molecule has 6 nitrogen and oxygen atoms in total. The summed E-state index contributed by atoms with van der Waals surface area (Å²) >= 11 is 0. The molecule has 1 N–H and O–H groups in total. The van der Waals surface area contributed by atoms with Crippen molar-refractivity contribution in [2.75, 3.05) is 34.0 Å². The monoisotopic (exact) mass is 205 g/mol. The van der Waals surface area contributed by atoms with Crippen molar-refractivity contribution in [2.45, 2.75) is 6.42 Å². The fraction of sp³-hybridized carbons (Fsp3) is 0.750. The quantitative estimate of drug-likeness (QED) is 0.485. The zero-order chi connectivity index (χ0) is 10.8. The summed E-state index contributed by atoms with van der Waals surface area (Å²) in [5.74, 6) is -0.376. The van der Waals surface area contributed by atoms with E-state index in [0.717, 1.165) is 0 Å². The predicted octanol–water partition coefficient (Wildman–Crippen LogP) is -0.0779. The van der Waals surface area contributed by atoms with Gasteiger partial charge in [0.05, 0.1) is 20.1 Å². The summed E-state index contributed by atoms with van der Waals surface area (Å²) in [5, 5.41) is 2.36. The van der Waals surface area contributed by atoms with Crippen molar-refractivity contribution in [3.05, 3.63) is 0 Å². The number of carbonyl (C=O) groups excluding carboxylic acids is 2. The van der Waals surface area contributed by atoms with Gasteiger partial charge in [0.1, 0.15) is 6.61 Å². The number of methoxy groups -OCH3 is 2. The van der Waals surface area contributed by atoms with Crippen molar-refractivity contribution < 1.29 is 23.8 Å². The van der Waals surface area contributed by atoms with Gasteiger partial charge in [-0.05, 0) is 0 Å². The standard InChI is InChI=1S/C8H15NO5/c1-12-5-6-14-7(10)3-4-9-8(11)13-2/h3-6H2,1-2H3,(H,9,11). The van der Waals surface area contributed by atoms with Crippen molar-refractivity contribution in [1.82, 2.24) is 5.32 Å². The van der Waals surface area contributed by atoms with Crippen LogP contribution in [0, 0.1) is 0 Å². The molecule has 0 saturated heterocycles. The number of carbonyl (C=O) groups is 2. The predicted molar refractivity (Wildman–Crippen MR) is 47.9 cm³/mol. The van der Waals surface area contributed by atoms with Crippen molar-refractivity contribution in [2.24, 2.45) is 0 Å². The first-order chi connectivity index (χ1) is 6.70. The molecule has 0 aromatic heterocycles. The normalized spacial score (nSPS) is 9.29. The van der Waals surface area contributed by atoms with E-state index in [1.54, 1.807) is 0 Å². The first-order valence-corrected chi connectivity index (χ1v) is 4.17. The molecule has 0 heterocycles. The molecule has 0 rings (SSSR count). The van der Waals surface area contributed by atoms with E-state index in [-0.39, 0.29) is 25.5 Å². The second-order valence-corrected chi connectivity index (χ2v) is 2.38. The minimum absolute atomic E-state index is 0.124. The summed E-state index contributed by atoms with van der Waals surface area (Å²) in [6.07, 6.45) is -0.437. The molecule has 0 atom stereocenters. The molecule has 1 amide bonds. The number of ether oxygens (including phenoxy) is 3. The maximum atomic E-state index is 10.9. The molecule has 14 heavy (non-hydrogen) atoms. The molecular weight excluding hydrogens is 190 g/mol. The van der Waals surface area contributed by atoms with E-state index in [4.69, 9.17) is 4.74 Å². The fourth-order valence-electron chi connectivity index (χ4n) is 0.650. The van der Waals surface area contributed by atoms with Crippen LogP contribution >= 0.6 is 0 Å². The SMILES string of the molecule is COCCOC(=O)CCNC(=O)OC. The van der Waals surface area contributed by atoms with Gasteiger partial charge in [-0.1, -0.05) is 0 Å². The van der Waals surface area contributed by atoms with Crippen molar-refractivity contribution >= 4 is 12.1 Å². The van der Waals surface area contributed by atoms with Gasteiger partial charge in [0, 0.05) is 13.7 Å². The average molecular weight is 205 g/mol. The lowest BCUT2D eigenvalue weighted by Crippen LogP contribution is -2.26. The van der Waals surface area contributed by atoms with Gasteiger partial charge in [0.25, 0.3) is 0 Å². The molecule has 0 unspecified atom stereocenters. The van der Waals surface area contributed by atoms with Gasteiger partial charge in [-0.25, -0.2) is 4.79 Å². The molecule has 0 bridgehead atoms. The van der Waals surface area contributed by atoms with Crippen LogP contribution in [0.5, 0.6) is 0 Å². The Bertz CT molecular complexity index is 183. The van der Waals surface area contributed by atoms with Crippen LogP contribution in [0.1, 0.15) is 6.42 Å². The number of alkyl carbamates (subject to hydrolysis) is 1. The van der Waals surface area contributed by atoms with Crippen molar-refractivity contribution in [3.8, 4) is 0 Å². The summed E-state index contributed by atoms with van der Waals surface area (Å²) in [6, 6.07) is 0. The molecule has 0 aromatic rings. The third kappa shape index (κ3) is 7.35. The molecule has 0 spiro atoms. The summed E-state index contributed by atoms with van der Waals surface area (Å²) < 4.78 is 13.7. The van der Waals surface area contributed by atoms with Crippen LogP contribution in [-0.2, 0) is 19.0 Å². The molecule has 82 valence electrons. The van der Waals surface area contributed by atoms with Crippen LogP contribution in [0.25, 0.3) is 0 Å². The lowest BCUT2D eigenvalue weighted by Gasteiger charge is -2.04. The molecule has 0 aliphatic heterocycles. The molecule has 0 fully saturated rings. The maximum absolute atomic E-state index is 10.9. The summed E-state index contributed by atoms with van der Waals surface area (Å²) in [5.41, 5.74) is 0. The Kier molecular flexibility index (Phi) is 7.53. The van der Waals surface area contributed by atoms with E-state index in [1.807, 2.05) is 0 Å². The molecule has 0 aliphatic rings. The molecular formula is C8H15NO5. The highest BCUT2D eigenvalue weighted by Crippen LogP contribution is 1.85. The van der Waals surface area contributed by atoms with Crippen LogP contribution in [-0.4, -0.2) is 46.0 Å². The van der Waals surface area contributed by atoms with Gasteiger partial charge in [-0.2, -0.15) is 0 Å². The van der Waals surface area contributed by atoms with E-state index in [9.17, 15) is 9.59 Å². The number of hydrogen-bond donors (Lipinski definition) is 1. The number of esters is 1. The smallest absolute Gasteiger partial charge is 0.406 e. The minimum Gasteiger partial charge on any atom is -0.463 e. The van der Waals surface area contributed by atoms with Crippen LogP contribution in [0.15, 0.2) is 0 Å². The maximum Gasteiger partial charge on any atom is 0.406 e. The van der Waals surface area contributed by atoms with Crippen LogP contribution in [0.4, 0.5) is 4.79 Å². The lowest BCUT2D eigenvalue weighted by molar-refractivity contribution is -0.144. The molecule has 0 saturated carbocycles. The summed E-state index contributed by atoms with van der Waals surface area (Å²) in [6.45, 7) is 0.808. The third-order valence-corrected chi connectivity index (χ3v) is 1.33. The Balaban J connectivity index is 3.31. The Morgan fingerprint density at radius 2 is 1.93 bits per heavy atom. The largest absolute Gasteiger partial charge is 0.463 e. The Morgan fingerprint density at radius 1 is 1.21 bits per heavy atom. The number of amides is 1. The van der Waals surface area contributed by atoms with E-state index in [0.29, 0.717) is 6.61 Å². The lowest BCUT2D eigenvalue weighted by atomic mass is 10.4. The second-order valence-electron chi connectivity index (χ2n) is 2.38. The van der Waals surface area contributed by atoms with Crippen molar-refractivity contribution in [1.29, 1.82) is 0 Å². The first kappa shape index (κ1) is 12.7. The summed E-state index contributed by atoms with van der Waals surface area (Å²) in [4.78, 5) is 21.5. The highest BCUT2D eigenvalue weighted by atomic mass is 16.6. The van der Waals surface area contributed by atoms with Crippen LogP contribution < -0.4 is 5.32 Å². The Hall–Kier alpha value is -1.30. The minimum atomic E-state index is -0.560. The van der Waals surface area contributed by atoms with Crippen LogP contribution in [0.2, 0.25) is 0 Å². The van der Waals surface area contributed by atoms with E-state index in [2.05, 4.69) is 14.8 Å². The van der Waals surface area contributed by atoms with Crippen LogP contribution in [0.3, 0.4) is 0 Å². The van der Waals surface area contributed by atoms with Crippen molar-refractivity contribution in [3.63, 3.8) is 0 Å².